The van der Waals surface area contributed by atoms with E-state index in [1.54, 1.807) is 0 Å². The third kappa shape index (κ3) is 6.49. The summed E-state index contributed by atoms with van der Waals surface area (Å²) < 4.78 is 0. The van der Waals surface area contributed by atoms with Gasteiger partial charge in [-0.3, -0.25) is 9.59 Å². The standard InChI is InChI=1S/C25H45N3O2/c1-5-7-8-9-10-11-12-13-17-27-18-14-25(15-19-27)24(30)26-22(20-21(3)4)23(29)28(25)16-6-2/h13,17,21-22H,5-12,14-16,18-20H2,1-4H3,(H,26,30)/b17-13-. The molecule has 2 fully saturated rings. The van der Waals surface area contributed by atoms with Crippen molar-refractivity contribution in [3.63, 3.8) is 0 Å². The number of carbonyl (C=O) groups is 2. The van der Waals surface area contributed by atoms with E-state index in [0.29, 0.717) is 18.9 Å². The summed E-state index contributed by atoms with van der Waals surface area (Å²) in [6, 6.07) is -0.357. The fourth-order valence-corrected chi connectivity index (χ4v) is 4.86. The number of unbranched alkanes of at least 4 members (excludes halogenated alkanes) is 6. The maximum Gasteiger partial charge on any atom is 0.246 e. The Morgan fingerprint density at radius 2 is 1.70 bits per heavy atom. The van der Waals surface area contributed by atoms with Crippen LogP contribution in [0.2, 0.25) is 0 Å². The average Bonchev–Trinajstić information content (AvgIpc) is 2.72. The van der Waals surface area contributed by atoms with Gasteiger partial charge in [-0.1, -0.05) is 65.9 Å². The fourth-order valence-electron chi connectivity index (χ4n) is 4.86. The zero-order valence-electron chi connectivity index (χ0n) is 19.9. The Morgan fingerprint density at radius 3 is 2.33 bits per heavy atom. The zero-order valence-corrected chi connectivity index (χ0v) is 19.9. The maximum atomic E-state index is 13.2. The first kappa shape index (κ1) is 24.7. The molecule has 0 bridgehead atoms. The Morgan fingerprint density at radius 1 is 1.03 bits per heavy atom. The molecule has 5 heteroatoms. The molecule has 2 amide bonds. The van der Waals surface area contributed by atoms with Gasteiger partial charge in [-0.25, -0.2) is 0 Å². The molecular formula is C25H45N3O2. The molecule has 2 aliphatic rings. The third-order valence-corrected chi connectivity index (χ3v) is 6.63. The molecule has 0 saturated carbocycles. The Balaban J connectivity index is 1.87. The maximum absolute atomic E-state index is 13.2. The molecule has 2 heterocycles. The highest BCUT2D eigenvalue weighted by atomic mass is 16.2. The van der Waals surface area contributed by atoms with Crippen LogP contribution in [-0.2, 0) is 9.59 Å². The number of piperidine rings is 1. The topological polar surface area (TPSA) is 52.7 Å². The van der Waals surface area contributed by atoms with Crippen LogP contribution in [0.25, 0.3) is 0 Å². The van der Waals surface area contributed by atoms with Gasteiger partial charge in [0.1, 0.15) is 11.6 Å². The molecule has 0 radical (unpaired) electrons. The molecule has 2 rings (SSSR count). The first-order valence-corrected chi connectivity index (χ1v) is 12.5. The Labute approximate surface area is 184 Å². The minimum absolute atomic E-state index is 0.0666. The Hall–Kier alpha value is -1.52. The lowest BCUT2D eigenvalue weighted by Crippen LogP contribution is -2.72. The highest BCUT2D eigenvalue weighted by Gasteiger charge is 2.53. The van der Waals surface area contributed by atoms with Crippen LogP contribution in [0, 0.1) is 5.92 Å². The Kier molecular flexibility index (Phi) is 10.2. The van der Waals surface area contributed by atoms with Crippen LogP contribution in [0.15, 0.2) is 12.3 Å². The van der Waals surface area contributed by atoms with Crippen molar-refractivity contribution in [2.24, 2.45) is 5.92 Å². The summed E-state index contributed by atoms with van der Waals surface area (Å²) in [7, 11) is 0. The van der Waals surface area contributed by atoms with Crippen LogP contribution in [0.4, 0.5) is 0 Å². The molecule has 30 heavy (non-hydrogen) atoms. The van der Waals surface area contributed by atoms with E-state index in [1.165, 1.54) is 38.5 Å². The van der Waals surface area contributed by atoms with E-state index in [4.69, 9.17) is 0 Å². The van der Waals surface area contributed by atoms with Gasteiger partial charge in [0.15, 0.2) is 0 Å². The summed E-state index contributed by atoms with van der Waals surface area (Å²) in [6.07, 6.45) is 16.6. The van der Waals surface area contributed by atoms with Crippen molar-refractivity contribution < 1.29 is 9.59 Å². The van der Waals surface area contributed by atoms with Crippen molar-refractivity contribution in [2.45, 2.75) is 110 Å². The van der Waals surface area contributed by atoms with Crippen molar-refractivity contribution in [1.29, 1.82) is 0 Å². The number of allylic oxidation sites excluding steroid dienone is 1. The van der Waals surface area contributed by atoms with E-state index < -0.39 is 5.54 Å². The summed E-state index contributed by atoms with van der Waals surface area (Å²) in [5.74, 6) is 0.574. The zero-order chi connectivity index (χ0) is 22.0. The molecule has 0 aromatic carbocycles. The van der Waals surface area contributed by atoms with Crippen LogP contribution in [0.3, 0.4) is 0 Å². The van der Waals surface area contributed by atoms with E-state index in [0.717, 1.165) is 38.8 Å². The smallest absolute Gasteiger partial charge is 0.246 e. The highest BCUT2D eigenvalue weighted by molar-refractivity contribution is 6.00. The quantitative estimate of drug-likeness (QED) is 0.459. The van der Waals surface area contributed by atoms with Crippen LogP contribution < -0.4 is 5.32 Å². The average molecular weight is 420 g/mol. The minimum atomic E-state index is -0.649. The van der Waals surface area contributed by atoms with E-state index >= 15 is 0 Å². The molecule has 0 aromatic heterocycles. The first-order chi connectivity index (χ1) is 14.4. The number of piperazine rings is 1. The number of nitrogens with one attached hydrogen (secondary N) is 1. The highest BCUT2D eigenvalue weighted by Crippen LogP contribution is 2.34. The van der Waals surface area contributed by atoms with E-state index in [1.807, 2.05) is 4.90 Å². The summed E-state index contributed by atoms with van der Waals surface area (Å²) in [4.78, 5) is 30.6. The van der Waals surface area contributed by atoms with E-state index in [9.17, 15) is 9.59 Å². The van der Waals surface area contributed by atoms with Crippen LogP contribution >= 0.6 is 0 Å². The van der Waals surface area contributed by atoms with Crippen LogP contribution in [0.5, 0.6) is 0 Å². The lowest BCUT2D eigenvalue weighted by molar-refractivity contribution is -0.161. The predicted molar refractivity (Wildman–Crippen MR) is 124 cm³/mol. The van der Waals surface area contributed by atoms with Crippen molar-refractivity contribution in [2.75, 3.05) is 19.6 Å². The lowest BCUT2D eigenvalue weighted by Gasteiger charge is -2.51. The predicted octanol–water partition coefficient (Wildman–Crippen LogP) is 4.87. The van der Waals surface area contributed by atoms with Crippen molar-refractivity contribution in [3.05, 3.63) is 12.3 Å². The minimum Gasteiger partial charge on any atom is -0.377 e. The molecule has 2 aliphatic heterocycles. The molecule has 1 spiro atoms. The molecule has 2 saturated heterocycles. The first-order valence-electron chi connectivity index (χ1n) is 12.5. The number of hydrogen-bond acceptors (Lipinski definition) is 3. The number of likely N-dealkylation sites (tertiary alicyclic amines) is 1. The van der Waals surface area contributed by atoms with Crippen molar-refractivity contribution >= 4 is 11.8 Å². The molecule has 5 nitrogen and oxygen atoms in total. The number of rotatable bonds is 12. The molecule has 172 valence electrons. The molecule has 1 unspecified atom stereocenters. The number of amides is 2. The number of carbonyl (C=O) groups excluding carboxylic acids is 2. The van der Waals surface area contributed by atoms with Crippen LogP contribution in [-0.4, -0.2) is 52.8 Å². The third-order valence-electron chi connectivity index (χ3n) is 6.63. The second-order valence-electron chi connectivity index (χ2n) is 9.65. The lowest BCUT2D eigenvalue weighted by atomic mass is 9.81. The number of nitrogens with zero attached hydrogens (tertiary/aromatic N) is 2. The fraction of sp³-hybridized carbons (Fsp3) is 0.840. The summed E-state index contributed by atoms with van der Waals surface area (Å²) >= 11 is 0. The SMILES string of the molecule is CCCCCCCC/C=C\N1CCC2(CC1)C(=O)NC(CC(C)C)C(=O)N2CCC. The molecule has 1 atom stereocenters. The van der Waals surface area contributed by atoms with Gasteiger partial charge in [-0.15, -0.1) is 0 Å². The van der Waals surface area contributed by atoms with Crippen LogP contribution in [0.1, 0.15) is 98.3 Å². The number of hydrogen-bond donors (Lipinski definition) is 1. The summed E-state index contributed by atoms with van der Waals surface area (Å²) in [6.45, 7) is 10.9. The molecular weight excluding hydrogens is 374 g/mol. The van der Waals surface area contributed by atoms with Gasteiger partial charge >= 0.3 is 0 Å². The second kappa shape index (κ2) is 12.4. The summed E-state index contributed by atoms with van der Waals surface area (Å²) in [5.41, 5.74) is -0.649. The molecule has 0 aromatic rings. The van der Waals surface area contributed by atoms with Gasteiger partial charge < -0.3 is 15.1 Å². The van der Waals surface area contributed by atoms with E-state index in [-0.39, 0.29) is 17.9 Å². The van der Waals surface area contributed by atoms with Gasteiger partial charge in [0.2, 0.25) is 11.8 Å². The second-order valence-corrected chi connectivity index (χ2v) is 9.65. The van der Waals surface area contributed by atoms with Gasteiger partial charge in [0, 0.05) is 19.6 Å². The summed E-state index contributed by atoms with van der Waals surface area (Å²) in [5, 5.41) is 3.08. The Bertz CT molecular complexity index is 565. The van der Waals surface area contributed by atoms with Gasteiger partial charge in [0.25, 0.3) is 0 Å². The van der Waals surface area contributed by atoms with Gasteiger partial charge in [-0.2, -0.15) is 0 Å². The van der Waals surface area contributed by atoms with Crippen molar-refractivity contribution in [1.82, 2.24) is 15.1 Å². The largest absolute Gasteiger partial charge is 0.377 e. The van der Waals surface area contributed by atoms with E-state index in [2.05, 4.69) is 50.2 Å². The van der Waals surface area contributed by atoms with Gasteiger partial charge in [-0.05, 0) is 50.6 Å². The monoisotopic (exact) mass is 419 g/mol. The molecule has 0 aliphatic carbocycles. The van der Waals surface area contributed by atoms with Crippen molar-refractivity contribution in [3.8, 4) is 0 Å². The normalized spacial score (nSPS) is 21.8. The van der Waals surface area contributed by atoms with Gasteiger partial charge in [0.05, 0.1) is 0 Å². The molecule has 1 N–H and O–H groups in total.